The Kier molecular flexibility index (Phi) is 5.34. The fraction of sp³-hybridized carbons (Fsp3) is 0.545. The maximum Gasteiger partial charge on any atom is 0.221 e. The van der Waals surface area contributed by atoms with Crippen molar-refractivity contribution in [3.05, 3.63) is 16.5 Å². The minimum Gasteiger partial charge on any atom is -0.369 e. The molecule has 17 heavy (non-hydrogen) atoms. The van der Waals surface area contributed by atoms with E-state index in [1.807, 2.05) is 20.8 Å². The molecule has 0 aliphatic heterocycles. The third-order valence-corrected chi connectivity index (χ3v) is 2.32. The fourth-order valence-electron chi connectivity index (χ4n) is 1.32. The van der Waals surface area contributed by atoms with Crippen molar-refractivity contribution < 1.29 is 4.79 Å². The second-order valence-electron chi connectivity index (χ2n) is 4.02. The molecule has 0 saturated heterocycles. The van der Waals surface area contributed by atoms with E-state index in [1.165, 1.54) is 0 Å². The van der Waals surface area contributed by atoms with Crippen LogP contribution in [0.25, 0.3) is 0 Å². The Morgan fingerprint density at radius 3 is 2.76 bits per heavy atom. The van der Waals surface area contributed by atoms with Gasteiger partial charge in [-0.1, -0.05) is 0 Å². The highest BCUT2D eigenvalue weighted by atomic mass is 79.9. The first-order valence-corrected chi connectivity index (χ1v) is 6.31. The van der Waals surface area contributed by atoms with Crippen LogP contribution in [0.3, 0.4) is 0 Å². The molecule has 0 saturated carbocycles. The molecule has 0 aliphatic carbocycles. The lowest BCUT2D eigenvalue weighted by Crippen LogP contribution is -2.31. The van der Waals surface area contributed by atoms with Gasteiger partial charge in [-0.3, -0.25) is 4.79 Å². The number of carbonyl (C=O) groups is 1. The normalized spacial score (nSPS) is 10.4. The van der Waals surface area contributed by atoms with Crippen molar-refractivity contribution in [3.63, 3.8) is 0 Å². The van der Waals surface area contributed by atoms with Crippen molar-refractivity contribution in [2.45, 2.75) is 33.2 Å². The van der Waals surface area contributed by atoms with Gasteiger partial charge in [0.25, 0.3) is 0 Å². The Morgan fingerprint density at radius 1 is 1.47 bits per heavy atom. The van der Waals surface area contributed by atoms with Crippen LogP contribution in [0.15, 0.2) is 10.7 Å². The number of carbonyl (C=O) groups excluding carboxylic acids is 1. The summed E-state index contributed by atoms with van der Waals surface area (Å²) >= 11 is 3.30. The van der Waals surface area contributed by atoms with Crippen LogP contribution in [-0.2, 0) is 4.79 Å². The molecular weight excluding hydrogens is 284 g/mol. The lowest BCUT2D eigenvalue weighted by atomic mass is 10.3. The van der Waals surface area contributed by atoms with Crippen molar-refractivity contribution in [1.82, 2.24) is 15.3 Å². The van der Waals surface area contributed by atoms with Crippen LogP contribution >= 0.6 is 15.9 Å². The van der Waals surface area contributed by atoms with E-state index in [0.717, 1.165) is 10.4 Å². The number of aryl methyl sites for hydroxylation is 1. The molecule has 94 valence electrons. The molecular formula is C11H17BrN4O. The van der Waals surface area contributed by atoms with E-state index in [4.69, 9.17) is 0 Å². The average molecular weight is 301 g/mol. The Balaban J connectivity index is 2.38. The topological polar surface area (TPSA) is 66.9 Å². The Bertz CT molecular complexity index is 375. The molecule has 5 nitrogen and oxygen atoms in total. The summed E-state index contributed by atoms with van der Waals surface area (Å²) in [6, 6.07) is 1.96. The third kappa shape index (κ3) is 5.63. The summed E-state index contributed by atoms with van der Waals surface area (Å²) in [5.41, 5.74) is 0. The zero-order valence-corrected chi connectivity index (χ0v) is 11.8. The van der Waals surface area contributed by atoms with Gasteiger partial charge >= 0.3 is 0 Å². The molecule has 2 N–H and O–H groups in total. The van der Waals surface area contributed by atoms with Crippen molar-refractivity contribution in [2.24, 2.45) is 0 Å². The molecule has 6 heteroatoms. The summed E-state index contributed by atoms with van der Waals surface area (Å²) in [4.78, 5) is 19.7. The number of aromatic nitrogens is 2. The highest BCUT2D eigenvalue weighted by molar-refractivity contribution is 9.10. The zero-order valence-electron chi connectivity index (χ0n) is 10.2. The maximum atomic E-state index is 11.4. The summed E-state index contributed by atoms with van der Waals surface area (Å²) in [7, 11) is 0. The van der Waals surface area contributed by atoms with Crippen LogP contribution in [0, 0.1) is 6.92 Å². The van der Waals surface area contributed by atoms with Gasteiger partial charge in [-0.15, -0.1) is 0 Å². The molecule has 1 rings (SSSR count). The van der Waals surface area contributed by atoms with Crippen LogP contribution in [-0.4, -0.2) is 28.5 Å². The summed E-state index contributed by atoms with van der Waals surface area (Å²) in [5, 5.41) is 5.92. The van der Waals surface area contributed by atoms with Crippen LogP contribution in [0.1, 0.15) is 26.1 Å². The summed E-state index contributed by atoms with van der Waals surface area (Å²) < 4.78 is 0.735. The number of hydrogen-bond donors (Lipinski definition) is 2. The second kappa shape index (κ2) is 6.54. The van der Waals surface area contributed by atoms with E-state index in [2.05, 4.69) is 36.5 Å². The van der Waals surface area contributed by atoms with Crippen LogP contribution in [0.2, 0.25) is 0 Å². The first-order chi connectivity index (χ1) is 7.97. The van der Waals surface area contributed by atoms with Gasteiger partial charge < -0.3 is 10.6 Å². The van der Waals surface area contributed by atoms with Gasteiger partial charge in [0.15, 0.2) is 0 Å². The van der Waals surface area contributed by atoms with Gasteiger partial charge in [-0.2, -0.15) is 0 Å². The number of rotatable bonds is 5. The minimum atomic E-state index is 0.0392. The van der Waals surface area contributed by atoms with Crippen molar-refractivity contribution >= 4 is 27.7 Å². The predicted molar refractivity (Wildman–Crippen MR) is 70.9 cm³/mol. The van der Waals surface area contributed by atoms with Crippen molar-refractivity contribution in [1.29, 1.82) is 0 Å². The highest BCUT2D eigenvalue weighted by Crippen LogP contribution is 2.11. The van der Waals surface area contributed by atoms with Gasteiger partial charge in [0.2, 0.25) is 5.91 Å². The smallest absolute Gasteiger partial charge is 0.221 e. The Labute approximate surface area is 110 Å². The number of nitrogens with one attached hydrogen (secondary N) is 2. The number of nitrogens with zero attached hydrogens (tertiary/aromatic N) is 2. The summed E-state index contributed by atoms with van der Waals surface area (Å²) in [6.07, 6.45) is 0.429. The zero-order chi connectivity index (χ0) is 12.8. The molecule has 1 heterocycles. The standard InChI is InChI=1S/C11H17BrN4O/c1-7(2)14-11(17)4-5-13-10-6-9(12)15-8(3)16-10/h6-7H,4-5H2,1-3H3,(H,14,17)(H,13,15,16). The van der Waals surface area contributed by atoms with E-state index in [1.54, 1.807) is 6.07 Å². The average Bonchev–Trinajstić information content (AvgIpc) is 2.14. The molecule has 1 amide bonds. The molecule has 1 aromatic heterocycles. The van der Waals surface area contributed by atoms with Crippen LogP contribution < -0.4 is 10.6 Å². The molecule has 0 atom stereocenters. The summed E-state index contributed by atoms with van der Waals surface area (Å²) in [5.74, 6) is 1.45. The lowest BCUT2D eigenvalue weighted by molar-refractivity contribution is -0.121. The van der Waals surface area contributed by atoms with Crippen molar-refractivity contribution in [2.75, 3.05) is 11.9 Å². The van der Waals surface area contributed by atoms with E-state index >= 15 is 0 Å². The molecule has 0 bridgehead atoms. The lowest BCUT2D eigenvalue weighted by Gasteiger charge is -2.09. The fourth-order valence-corrected chi connectivity index (χ4v) is 1.79. The quantitative estimate of drug-likeness (QED) is 0.815. The molecule has 0 radical (unpaired) electrons. The van der Waals surface area contributed by atoms with Crippen LogP contribution in [0.5, 0.6) is 0 Å². The predicted octanol–water partition coefficient (Wildman–Crippen LogP) is 1.87. The van der Waals surface area contributed by atoms with E-state index in [9.17, 15) is 4.79 Å². The van der Waals surface area contributed by atoms with Gasteiger partial charge in [0.1, 0.15) is 16.2 Å². The Morgan fingerprint density at radius 2 is 2.18 bits per heavy atom. The van der Waals surface area contributed by atoms with Crippen LogP contribution in [0.4, 0.5) is 5.82 Å². The first-order valence-electron chi connectivity index (χ1n) is 5.52. The third-order valence-electron chi connectivity index (χ3n) is 1.91. The molecule has 0 aliphatic rings. The number of hydrogen-bond acceptors (Lipinski definition) is 4. The van der Waals surface area contributed by atoms with Gasteiger partial charge in [0.05, 0.1) is 0 Å². The van der Waals surface area contributed by atoms with E-state index < -0.39 is 0 Å². The highest BCUT2D eigenvalue weighted by Gasteiger charge is 2.03. The SMILES string of the molecule is Cc1nc(Br)cc(NCCC(=O)NC(C)C)n1. The summed E-state index contributed by atoms with van der Waals surface area (Å²) in [6.45, 7) is 6.26. The first kappa shape index (κ1) is 13.9. The van der Waals surface area contributed by atoms with Gasteiger partial charge in [-0.05, 0) is 36.7 Å². The maximum absolute atomic E-state index is 11.4. The molecule has 0 aromatic carbocycles. The minimum absolute atomic E-state index is 0.0392. The largest absolute Gasteiger partial charge is 0.369 e. The second-order valence-corrected chi connectivity index (χ2v) is 4.83. The number of anilines is 1. The van der Waals surface area contributed by atoms with Gasteiger partial charge in [-0.25, -0.2) is 9.97 Å². The van der Waals surface area contributed by atoms with Gasteiger partial charge in [0, 0.05) is 25.1 Å². The molecule has 0 unspecified atom stereocenters. The number of amides is 1. The monoisotopic (exact) mass is 300 g/mol. The number of halogens is 1. The molecule has 0 fully saturated rings. The molecule has 1 aromatic rings. The Hall–Kier alpha value is -1.17. The van der Waals surface area contributed by atoms with E-state index in [0.29, 0.717) is 18.8 Å². The van der Waals surface area contributed by atoms with E-state index in [-0.39, 0.29) is 11.9 Å². The van der Waals surface area contributed by atoms with Crippen molar-refractivity contribution in [3.8, 4) is 0 Å². The molecule has 0 spiro atoms.